The molecule has 0 fully saturated rings. The molecule has 1 aromatic rings. The van der Waals surface area contributed by atoms with Crippen molar-refractivity contribution >= 4 is 41.6 Å². The van der Waals surface area contributed by atoms with E-state index < -0.39 is 80.0 Å². The Morgan fingerprint density at radius 3 is 1.56 bits per heavy atom. The fourth-order valence-corrected chi connectivity index (χ4v) is 3.07. The van der Waals surface area contributed by atoms with Crippen LogP contribution in [0.1, 0.15) is 21.0 Å². The molecule has 21 heteroatoms. The Morgan fingerprint density at radius 1 is 0.667 bits per heavy atom. The Morgan fingerprint density at radius 2 is 1.10 bits per heavy atom. The molecule has 21 nitrogen and oxygen atoms in total. The fourth-order valence-electron chi connectivity index (χ4n) is 3.07. The van der Waals surface area contributed by atoms with Gasteiger partial charge in [0.25, 0.3) is 17.7 Å². The van der Waals surface area contributed by atoms with Gasteiger partial charge in [-0.25, -0.2) is 5.84 Å². The van der Waals surface area contributed by atoms with Gasteiger partial charge in [-0.05, 0) is 0 Å². The molecule has 3 amide bonds. The van der Waals surface area contributed by atoms with Crippen molar-refractivity contribution < 1.29 is 54.0 Å². The molecule has 0 bridgehead atoms. The van der Waals surface area contributed by atoms with Crippen molar-refractivity contribution in [3.8, 4) is 0 Å². The van der Waals surface area contributed by atoms with Crippen LogP contribution in [0.2, 0.25) is 0 Å². The molecule has 1 rings (SSSR count). The maximum atomic E-state index is 12.3. The highest BCUT2D eigenvalue weighted by Gasteiger charge is 2.23. The lowest BCUT2D eigenvalue weighted by Crippen LogP contribution is -2.49. The molecule has 0 aliphatic heterocycles. The highest BCUT2D eigenvalue weighted by atomic mass is 16.4. The first-order chi connectivity index (χ1) is 18.3. The molecule has 0 spiro atoms. The van der Waals surface area contributed by atoms with E-state index in [1.807, 2.05) is 10.9 Å². The van der Waals surface area contributed by atoms with E-state index in [2.05, 4.69) is 15.4 Å². The molecule has 0 saturated carbocycles. The number of carboxylic acids is 4. The van der Waals surface area contributed by atoms with Crippen LogP contribution in [0.25, 0.3) is 0 Å². The van der Waals surface area contributed by atoms with Crippen molar-refractivity contribution in [2.45, 2.75) is 0 Å². The van der Waals surface area contributed by atoms with Crippen molar-refractivity contribution in [3.05, 3.63) is 11.4 Å². The quantitative estimate of drug-likeness (QED) is 0.0459. The Bertz CT molecular complexity index is 1050. The molecule has 0 saturated heterocycles. The third-order valence-corrected chi connectivity index (χ3v) is 4.70. The summed E-state index contributed by atoms with van der Waals surface area (Å²) in [6, 6.07) is 0. The summed E-state index contributed by atoms with van der Waals surface area (Å²) >= 11 is 0. The Balaban J connectivity index is 2.76. The molecule has 0 aliphatic rings. The lowest BCUT2D eigenvalue weighted by atomic mass is 10.3. The molecular weight excluding hydrogens is 532 g/mol. The van der Waals surface area contributed by atoms with E-state index in [0.717, 1.165) is 9.80 Å². The topological polar surface area (TPSA) is 314 Å². The molecule has 0 radical (unpaired) electrons. The van der Waals surface area contributed by atoms with Crippen LogP contribution < -0.4 is 22.1 Å². The molecule has 1 aromatic heterocycles. The number of nitrogens with zero attached hydrogens (tertiary/aromatic N) is 5. The second kappa shape index (κ2) is 16.2. The highest BCUT2D eigenvalue weighted by Crippen LogP contribution is 2.00. The van der Waals surface area contributed by atoms with E-state index >= 15 is 0 Å². The van der Waals surface area contributed by atoms with E-state index in [1.54, 1.807) is 5.43 Å². The van der Waals surface area contributed by atoms with E-state index in [1.165, 1.54) is 4.90 Å². The number of hydrazine groups is 2. The zero-order valence-electron chi connectivity index (χ0n) is 20.3. The maximum absolute atomic E-state index is 12.3. The second-order valence-electron chi connectivity index (χ2n) is 7.78. The number of carbonyl (C=O) groups excluding carboxylic acids is 3. The Kier molecular flexibility index (Phi) is 13.4. The number of rotatable bonds is 18. The van der Waals surface area contributed by atoms with E-state index in [4.69, 9.17) is 26.3 Å². The number of aromatic nitrogens is 3. The zero-order chi connectivity index (χ0) is 29.5. The summed E-state index contributed by atoms with van der Waals surface area (Å²) in [6.45, 7) is -3.38. The molecule has 0 aliphatic carbocycles. The summed E-state index contributed by atoms with van der Waals surface area (Å²) in [5, 5.41) is 45.0. The predicted octanol–water partition coefficient (Wildman–Crippen LogP) is -5.59. The van der Waals surface area contributed by atoms with Crippen LogP contribution in [0.3, 0.4) is 0 Å². The Hall–Kier alpha value is -4.73. The van der Waals surface area contributed by atoms with Crippen LogP contribution in [0.15, 0.2) is 0 Å². The van der Waals surface area contributed by atoms with Crippen LogP contribution in [-0.4, -0.2) is 151 Å². The van der Waals surface area contributed by atoms with Gasteiger partial charge in [0.1, 0.15) is 0 Å². The third kappa shape index (κ3) is 12.9. The van der Waals surface area contributed by atoms with Crippen LogP contribution in [0.5, 0.6) is 0 Å². The monoisotopic (exact) mass is 560 g/mol. The van der Waals surface area contributed by atoms with Gasteiger partial charge >= 0.3 is 23.9 Å². The first-order valence-corrected chi connectivity index (χ1v) is 10.9. The van der Waals surface area contributed by atoms with Crippen molar-refractivity contribution in [2.75, 3.05) is 58.9 Å². The van der Waals surface area contributed by atoms with Crippen LogP contribution in [-0.2, 0) is 24.0 Å². The maximum Gasteiger partial charge on any atom is 0.317 e. The summed E-state index contributed by atoms with van der Waals surface area (Å²) in [4.78, 5) is 84.0. The molecule has 1 heterocycles. The summed E-state index contributed by atoms with van der Waals surface area (Å²) in [7, 11) is 0. The number of aromatic amines is 1. The molecule has 0 atom stereocenters. The minimum absolute atomic E-state index is 0.0769. The molecule has 39 heavy (non-hydrogen) atoms. The minimum Gasteiger partial charge on any atom is -0.480 e. The van der Waals surface area contributed by atoms with Crippen molar-refractivity contribution in [3.63, 3.8) is 0 Å². The number of carboxylic acid groups (broad SMARTS) is 4. The third-order valence-electron chi connectivity index (χ3n) is 4.70. The number of amides is 3. The number of H-pyrrole nitrogens is 1. The van der Waals surface area contributed by atoms with E-state index in [9.17, 15) is 33.6 Å². The number of nitrogens with two attached hydrogens (primary N) is 1. The van der Waals surface area contributed by atoms with Gasteiger partial charge in [-0.15, -0.1) is 5.10 Å². The number of hydrogen-bond donors (Lipinski definition) is 9. The smallest absolute Gasteiger partial charge is 0.317 e. The molecule has 0 unspecified atom stereocenters. The number of aliphatic carboxylic acids is 4. The summed E-state index contributed by atoms with van der Waals surface area (Å²) in [5.41, 5.74) is 4.86. The first kappa shape index (κ1) is 32.3. The highest BCUT2D eigenvalue weighted by molar-refractivity contribution is 6.04. The summed E-state index contributed by atoms with van der Waals surface area (Å²) in [6.07, 6.45) is 0. The first-order valence-electron chi connectivity index (χ1n) is 10.9. The van der Waals surface area contributed by atoms with Gasteiger partial charge in [-0.1, -0.05) is 5.21 Å². The van der Waals surface area contributed by atoms with Gasteiger partial charge in [-0.3, -0.25) is 69.6 Å². The average Bonchev–Trinajstić information content (AvgIpc) is 3.32. The number of hydrogen-bond acceptors (Lipinski definition) is 13. The van der Waals surface area contributed by atoms with Crippen molar-refractivity contribution in [2.24, 2.45) is 5.84 Å². The van der Waals surface area contributed by atoms with E-state index in [0.29, 0.717) is 0 Å². The van der Waals surface area contributed by atoms with Gasteiger partial charge in [0, 0.05) is 26.2 Å². The summed E-state index contributed by atoms with van der Waals surface area (Å²) in [5.74, 6) is -2.98. The average molecular weight is 560 g/mol. The van der Waals surface area contributed by atoms with Gasteiger partial charge < -0.3 is 20.4 Å². The lowest BCUT2D eigenvalue weighted by molar-refractivity contribution is -0.143. The molecular formula is C18H28N10O11. The van der Waals surface area contributed by atoms with Gasteiger partial charge in [0.05, 0.1) is 32.7 Å². The van der Waals surface area contributed by atoms with Crippen molar-refractivity contribution in [1.82, 2.24) is 46.4 Å². The SMILES string of the molecule is NNC(=O)c1[nH]nnc1C(=O)NNC(=O)CN(CCN(CCN(CC(=O)O)CC(=O)O)CC(=O)O)CC(=O)O. The van der Waals surface area contributed by atoms with Crippen LogP contribution in [0, 0.1) is 0 Å². The second-order valence-corrected chi connectivity index (χ2v) is 7.78. The van der Waals surface area contributed by atoms with Crippen LogP contribution in [0.4, 0.5) is 0 Å². The number of nitrogens with one attached hydrogen (secondary N) is 4. The van der Waals surface area contributed by atoms with Gasteiger partial charge in [-0.2, -0.15) is 0 Å². The lowest BCUT2D eigenvalue weighted by Gasteiger charge is -2.27. The molecule has 0 aromatic carbocycles. The predicted molar refractivity (Wildman–Crippen MR) is 124 cm³/mol. The van der Waals surface area contributed by atoms with Crippen molar-refractivity contribution in [1.29, 1.82) is 0 Å². The van der Waals surface area contributed by atoms with E-state index in [-0.39, 0.29) is 31.9 Å². The molecule has 216 valence electrons. The number of carbonyl (C=O) groups is 7. The summed E-state index contributed by atoms with van der Waals surface area (Å²) < 4.78 is 0. The zero-order valence-corrected chi connectivity index (χ0v) is 20.3. The fraction of sp³-hybridized carbons (Fsp3) is 0.500. The van der Waals surface area contributed by atoms with Gasteiger partial charge in [0.2, 0.25) is 0 Å². The number of nitrogen functional groups attached to an aromatic ring is 1. The standard InChI is InChI=1S/C18H28N10O11/c19-20-17(38)15-16(23-25-22-15)18(39)24-21-10(29)5-27(7-12(32)33)3-1-26(6-11(30)31)2-4-28(8-13(34)35)9-14(36)37/h1-9,19H2,(H,20,38)(H,21,29)(H,24,39)(H,30,31)(H,32,33)(H,34,35)(H,36,37)(H,22,23,25). The molecule has 10 N–H and O–H groups in total. The van der Waals surface area contributed by atoms with Gasteiger partial charge in [0.15, 0.2) is 11.4 Å². The largest absolute Gasteiger partial charge is 0.480 e. The Labute approximate surface area is 218 Å². The minimum atomic E-state index is -1.31. The normalized spacial score (nSPS) is 10.9. The van der Waals surface area contributed by atoms with Crippen LogP contribution >= 0.6 is 0 Å².